The largest absolute Gasteiger partial charge is 0.416 e. The third-order valence-corrected chi connectivity index (χ3v) is 6.96. The van der Waals surface area contributed by atoms with Gasteiger partial charge in [-0.25, -0.2) is 9.78 Å². The quantitative estimate of drug-likeness (QED) is 0.159. The third kappa shape index (κ3) is 6.98. The maximum absolute atomic E-state index is 12.7. The first kappa shape index (κ1) is 27.3. The van der Waals surface area contributed by atoms with E-state index in [1.54, 1.807) is 11.8 Å². The van der Waals surface area contributed by atoms with Crippen molar-refractivity contribution >= 4 is 23.5 Å². The highest BCUT2D eigenvalue weighted by atomic mass is 32.2. The van der Waals surface area contributed by atoms with Crippen LogP contribution in [0.4, 0.5) is 23.7 Å². The summed E-state index contributed by atoms with van der Waals surface area (Å²) in [4.78, 5) is 17.1. The summed E-state index contributed by atoms with van der Waals surface area (Å²) >= 11 is 1.69. The SMILES string of the molecule is CCn1c(SCCCCNC(=O)Nc2ccc(C(F)(F)F)cc2)nc(-c2ccccc2)c1-c1ccccc1. The number of benzene rings is 3. The average Bonchev–Trinajstić information content (AvgIpc) is 3.30. The molecule has 0 saturated carbocycles. The van der Waals surface area contributed by atoms with Gasteiger partial charge in [-0.2, -0.15) is 13.2 Å². The van der Waals surface area contributed by atoms with E-state index in [2.05, 4.69) is 46.4 Å². The second kappa shape index (κ2) is 12.7. The summed E-state index contributed by atoms with van der Waals surface area (Å²) in [6.45, 7) is 3.37. The van der Waals surface area contributed by atoms with Gasteiger partial charge in [0.15, 0.2) is 5.16 Å². The van der Waals surface area contributed by atoms with Crippen LogP contribution in [0.3, 0.4) is 0 Å². The van der Waals surface area contributed by atoms with Crippen LogP contribution in [0.15, 0.2) is 90.1 Å². The van der Waals surface area contributed by atoms with Gasteiger partial charge in [-0.1, -0.05) is 72.4 Å². The lowest BCUT2D eigenvalue weighted by atomic mass is 10.0. The van der Waals surface area contributed by atoms with Crippen LogP contribution in [0, 0.1) is 0 Å². The third-order valence-electron chi connectivity index (χ3n) is 5.90. The number of alkyl halides is 3. The van der Waals surface area contributed by atoms with Gasteiger partial charge in [0, 0.05) is 35.7 Å². The number of nitrogens with one attached hydrogen (secondary N) is 2. The minimum absolute atomic E-state index is 0.306. The first-order valence-electron chi connectivity index (χ1n) is 12.4. The van der Waals surface area contributed by atoms with E-state index in [4.69, 9.17) is 4.98 Å². The molecular formula is C29H29F3N4OS. The average molecular weight is 539 g/mol. The molecule has 2 N–H and O–H groups in total. The molecule has 4 aromatic rings. The monoisotopic (exact) mass is 538 g/mol. The van der Waals surface area contributed by atoms with E-state index in [1.807, 2.05) is 36.4 Å². The lowest BCUT2D eigenvalue weighted by Gasteiger charge is -2.11. The van der Waals surface area contributed by atoms with Crippen LogP contribution in [0.5, 0.6) is 0 Å². The Labute approximate surface area is 224 Å². The van der Waals surface area contributed by atoms with Gasteiger partial charge in [0.2, 0.25) is 0 Å². The zero-order valence-corrected chi connectivity index (χ0v) is 21.8. The molecule has 4 rings (SSSR count). The number of thioether (sulfide) groups is 1. The van der Waals surface area contributed by atoms with Crippen molar-refractivity contribution in [1.29, 1.82) is 0 Å². The van der Waals surface area contributed by atoms with Crippen molar-refractivity contribution in [2.45, 2.75) is 37.6 Å². The molecule has 1 aromatic heterocycles. The molecule has 0 aliphatic heterocycles. The standard InChI is InChI=1S/C29H29F3N4OS/c1-2-36-26(22-13-7-4-8-14-22)25(21-11-5-3-6-12-21)35-28(36)38-20-10-9-19-33-27(37)34-24-17-15-23(16-18-24)29(30,31)32/h3-8,11-18H,2,9-10,19-20H2,1H3,(H2,33,34,37). The highest BCUT2D eigenvalue weighted by molar-refractivity contribution is 7.99. The van der Waals surface area contributed by atoms with E-state index < -0.39 is 17.8 Å². The summed E-state index contributed by atoms with van der Waals surface area (Å²) in [7, 11) is 0. The Bertz CT molecular complexity index is 1320. The van der Waals surface area contributed by atoms with Gasteiger partial charge >= 0.3 is 12.2 Å². The van der Waals surface area contributed by atoms with Crippen molar-refractivity contribution in [2.75, 3.05) is 17.6 Å². The number of anilines is 1. The summed E-state index contributed by atoms with van der Waals surface area (Å²) in [5.74, 6) is 0.835. The molecule has 0 fully saturated rings. The molecule has 0 atom stereocenters. The number of carbonyl (C=O) groups is 1. The molecular weight excluding hydrogens is 509 g/mol. The number of imidazole rings is 1. The van der Waals surface area contributed by atoms with Gasteiger partial charge in [0.1, 0.15) is 0 Å². The second-order valence-electron chi connectivity index (χ2n) is 8.58. The van der Waals surface area contributed by atoms with E-state index in [1.165, 1.54) is 12.1 Å². The number of nitrogens with zero attached hydrogens (tertiary/aromatic N) is 2. The van der Waals surface area contributed by atoms with E-state index in [9.17, 15) is 18.0 Å². The van der Waals surface area contributed by atoms with Crippen LogP contribution in [0.2, 0.25) is 0 Å². The highest BCUT2D eigenvalue weighted by Gasteiger charge is 2.30. The maximum atomic E-state index is 12.7. The van der Waals surface area contributed by atoms with Crippen molar-refractivity contribution in [3.8, 4) is 22.5 Å². The molecule has 0 radical (unpaired) electrons. The summed E-state index contributed by atoms with van der Waals surface area (Å²) in [6.07, 6.45) is -2.78. The first-order chi connectivity index (χ1) is 18.4. The summed E-state index contributed by atoms with van der Waals surface area (Å²) in [5, 5.41) is 6.26. The predicted molar refractivity (Wildman–Crippen MR) is 147 cm³/mol. The fraction of sp³-hybridized carbons (Fsp3) is 0.241. The number of amides is 2. The number of hydrogen-bond donors (Lipinski definition) is 2. The molecule has 9 heteroatoms. The Morgan fingerprint density at radius 3 is 2.13 bits per heavy atom. The van der Waals surface area contributed by atoms with Crippen molar-refractivity contribution in [3.05, 3.63) is 90.5 Å². The van der Waals surface area contributed by atoms with Gasteiger partial charge in [0.05, 0.1) is 17.0 Å². The van der Waals surface area contributed by atoms with E-state index >= 15 is 0 Å². The molecule has 5 nitrogen and oxygen atoms in total. The summed E-state index contributed by atoms with van der Waals surface area (Å²) in [5.41, 5.74) is 3.81. The normalized spacial score (nSPS) is 11.4. The van der Waals surface area contributed by atoms with Crippen LogP contribution in [0.25, 0.3) is 22.5 Å². The zero-order valence-electron chi connectivity index (χ0n) is 21.0. The number of halogens is 3. The molecule has 3 aromatic carbocycles. The van der Waals surface area contributed by atoms with Crippen molar-refractivity contribution < 1.29 is 18.0 Å². The van der Waals surface area contributed by atoms with Gasteiger partial charge in [-0.05, 0) is 44.0 Å². The topological polar surface area (TPSA) is 59.0 Å². The van der Waals surface area contributed by atoms with Gasteiger partial charge in [-0.3, -0.25) is 0 Å². The van der Waals surface area contributed by atoms with Crippen LogP contribution < -0.4 is 10.6 Å². The van der Waals surface area contributed by atoms with E-state index in [0.29, 0.717) is 12.2 Å². The second-order valence-corrected chi connectivity index (χ2v) is 9.64. The molecule has 198 valence electrons. The number of unbranched alkanes of at least 4 members (excludes halogenated alkanes) is 1. The fourth-order valence-electron chi connectivity index (χ4n) is 4.03. The van der Waals surface area contributed by atoms with Crippen molar-refractivity contribution in [1.82, 2.24) is 14.9 Å². The predicted octanol–water partition coefficient (Wildman–Crippen LogP) is 7.95. The Hall–Kier alpha value is -3.72. The summed E-state index contributed by atoms with van der Waals surface area (Å²) < 4.78 is 40.3. The van der Waals surface area contributed by atoms with E-state index in [-0.39, 0.29) is 0 Å². The molecule has 0 aliphatic carbocycles. The van der Waals surface area contributed by atoms with Gasteiger partial charge in [0.25, 0.3) is 0 Å². The lowest BCUT2D eigenvalue weighted by molar-refractivity contribution is -0.137. The number of hydrogen-bond acceptors (Lipinski definition) is 3. The number of carbonyl (C=O) groups excluding carboxylic acids is 1. The van der Waals surface area contributed by atoms with Crippen LogP contribution in [-0.4, -0.2) is 27.9 Å². The Kier molecular flexibility index (Phi) is 9.12. The first-order valence-corrected chi connectivity index (χ1v) is 13.4. The number of urea groups is 1. The van der Waals surface area contributed by atoms with Crippen molar-refractivity contribution in [2.24, 2.45) is 0 Å². The Balaban J connectivity index is 1.31. The number of aromatic nitrogens is 2. The molecule has 0 unspecified atom stereocenters. The molecule has 38 heavy (non-hydrogen) atoms. The lowest BCUT2D eigenvalue weighted by Crippen LogP contribution is -2.29. The molecule has 0 aliphatic rings. The van der Waals surface area contributed by atoms with Crippen LogP contribution in [0.1, 0.15) is 25.3 Å². The minimum atomic E-state index is -4.40. The number of rotatable bonds is 10. The molecule has 2 amide bonds. The Morgan fingerprint density at radius 1 is 0.895 bits per heavy atom. The van der Waals surface area contributed by atoms with Gasteiger partial charge in [-0.15, -0.1) is 0 Å². The summed E-state index contributed by atoms with van der Waals surface area (Å²) in [6, 6.07) is 24.4. The highest BCUT2D eigenvalue weighted by Crippen LogP contribution is 2.36. The molecule has 0 spiro atoms. The molecule has 0 bridgehead atoms. The van der Waals surface area contributed by atoms with Crippen molar-refractivity contribution in [3.63, 3.8) is 0 Å². The Morgan fingerprint density at radius 2 is 1.53 bits per heavy atom. The van der Waals surface area contributed by atoms with E-state index in [0.717, 1.165) is 64.9 Å². The zero-order chi connectivity index (χ0) is 27.0. The maximum Gasteiger partial charge on any atom is 0.416 e. The fourth-order valence-corrected chi connectivity index (χ4v) is 5.10. The molecule has 1 heterocycles. The minimum Gasteiger partial charge on any atom is -0.338 e. The van der Waals surface area contributed by atoms with Crippen LogP contribution in [-0.2, 0) is 12.7 Å². The van der Waals surface area contributed by atoms with Crippen LogP contribution >= 0.6 is 11.8 Å². The molecule has 0 saturated heterocycles. The van der Waals surface area contributed by atoms with Gasteiger partial charge < -0.3 is 15.2 Å². The smallest absolute Gasteiger partial charge is 0.338 e.